The van der Waals surface area contributed by atoms with Gasteiger partial charge in [0.25, 0.3) is 11.8 Å². The molecule has 0 bridgehead atoms. The number of carboxylic acid groups (broad SMARTS) is 1. The number of para-hydroxylation sites is 1. The molecule has 0 aliphatic heterocycles. The number of rotatable bonds is 10. The summed E-state index contributed by atoms with van der Waals surface area (Å²) in [6, 6.07) is 12.6. The fourth-order valence-electron chi connectivity index (χ4n) is 2.64. The highest BCUT2D eigenvalue weighted by molar-refractivity contribution is 9.10. The Labute approximate surface area is 193 Å². The van der Waals surface area contributed by atoms with Crippen LogP contribution in [0.25, 0.3) is 6.08 Å². The number of carbonyl (C=O) groups excluding carboxylic acids is 2. The minimum Gasteiger partial charge on any atom is -0.496 e. The second kappa shape index (κ2) is 12.2. The molecule has 0 saturated carbocycles. The summed E-state index contributed by atoms with van der Waals surface area (Å²) >= 11 is 4.83. The monoisotopic (exact) mass is 506 g/mol. The largest absolute Gasteiger partial charge is 0.496 e. The predicted octanol–water partition coefficient (Wildman–Crippen LogP) is 3.55. The Bertz CT molecular complexity index is 963. The zero-order valence-electron chi connectivity index (χ0n) is 17.1. The SMILES string of the molecule is COc1ccccc1C(=O)N/C(=C\c1ccc(Br)cc1)C(=O)NC(CCSC)C(=O)O. The molecule has 7 nitrogen and oxygen atoms in total. The van der Waals surface area contributed by atoms with E-state index in [1.54, 1.807) is 48.5 Å². The van der Waals surface area contributed by atoms with Crippen molar-refractivity contribution in [2.75, 3.05) is 19.1 Å². The zero-order valence-corrected chi connectivity index (χ0v) is 19.5. The van der Waals surface area contributed by atoms with E-state index in [0.717, 1.165) is 4.47 Å². The van der Waals surface area contributed by atoms with Crippen LogP contribution < -0.4 is 15.4 Å². The molecule has 2 aromatic carbocycles. The van der Waals surface area contributed by atoms with Crippen molar-refractivity contribution in [3.8, 4) is 5.75 Å². The molecule has 2 amide bonds. The molecule has 9 heteroatoms. The normalized spacial score (nSPS) is 12.0. The van der Waals surface area contributed by atoms with Gasteiger partial charge in [0.15, 0.2) is 0 Å². The van der Waals surface area contributed by atoms with Crippen molar-refractivity contribution in [2.24, 2.45) is 0 Å². The van der Waals surface area contributed by atoms with E-state index in [4.69, 9.17) is 4.74 Å². The third kappa shape index (κ3) is 7.45. The van der Waals surface area contributed by atoms with Crippen LogP contribution in [-0.2, 0) is 9.59 Å². The Morgan fingerprint density at radius 1 is 1.16 bits per heavy atom. The minimum absolute atomic E-state index is 0.0753. The highest BCUT2D eigenvalue weighted by Crippen LogP contribution is 2.18. The summed E-state index contributed by atoms with van der Waals surface area (Å²) < 4.78 is 6.07. The van der Waals surface area contributed by atoms with E-state index >= 15 is 0 Å². The maximum absolute atomic E-state index is 12.9. The van der Waals surface area contributed by atoms with Crippen molar-refractivity contribution < 1.29 is 24.2 Å². The van der Waals surface area contributed by atoms with Gasteiger partial charge in [-0.1, -0.05) is 40.2 Å². The van der Waals surface area contributed by atoms with Gasteiger partial charge in [-0.05, 0) is 54.3 Å². The molecule has 164 valence electrons. The van der Waals surface area contributed by atoms with Crippen LogP contribution >= 0.6 is 27.7 Å². The quantitative estimate of drug-likeness (QED) is 0.425. The number of hydrogen-bond acceptors (Lipinski definition) is 5. The van der Waals surface area contributed by atoms with Gasteiger partial charge < -0.3 is 20.5 Å². The van der Waals surface area contributed by atoms with Crippen molar-refractivity contribution in [2.45, 2.75) is 12.5 Å². The third-order valence-corrected chi connectivity index (χ3v) is 5.41. The fraction of sp³-hybridized carbons (Fsp3) is 0.227. The van der Waals surface area contributed by atoms with Crippen LogP contribution in [-0.4, -0.2) is 48.1 Å². The maximum Gasteiger partial charge on any atom is 0.326 e. The fourth-order valence-corrected chi connectivity index (χ4v) is 3.37. The summed E-state index contributed by atoms with van der Waals surface area (Å²) in [6.45, 7) is 0. The van der Waals surface area contributed by atoms with E-state index in [9.17, 15) is 19.5 Å². The standard InChI is InChI=1S/C22H23BrN2O5S/c1-30-19-6-4-3-5-16(19)20(26)25-18(13-14-7-9-15(23)10-8-14)21(27)24-17(22(28)29)11-12-31-2/h3-10,13,17H,11-12H2,1-2H3,(H,24,27)(H,25,26)(H,28,29)/b18-13-. The molecule has 0 aromatic heterocycles. The molecular weight excluding hydrogens is 484 g/mol. The van der Waals surface area contributed by atoms with Crippen LogP contribution in [0.3, 0.4) is 0 Å². The highest BCUT2D eigenvalue weighted by atomic mass is 79.9. The van der Waals surface area contributed by atoms with Crippen LogP contribution in [0, 0.1) is 0 Å². The van der Waals surface area contributed by atoms with Gasteiger partial charge in [0.1, 0.15) is 17.5 Å². The Hall–Kier alpha value is -2.78. The van der Waals surface area contributed by atoms with Gasteiger partial charge in [-0.15, -0.1) is 0 Å². The molecule has 0 heterocycles. The molecule has 0 spiro atoms. The van der Waals surface area contributed by atoms with Crippen molar-refractivity contribution in [3.63, 3.8) is 0 Å². The van der Waals surface area contributed by atoms with Crippen LogP contribution in [0.1, 0.15) is 22.3 Å². The van der Waals surface area contributed by atoms with E-state index in [-0.39, 0.29) is 17.7 Å². The number of aliphatic carboxylic acids is 1. The van der Waals surface area contributed by atoms with E-state index < -0.39 is 23.8 Å². The Balaban J connectivity index is 2.33. The number of carbonyl (C=O) groups is 3. The number of nitrogens with one attached hydrogen (secondary N) is 2. The molecule has 2 aromatic rings. The average Bonchev–Trinajstić information content (AvgIpc) is 2.77. The Morgan fingerprint density at radius 3 is 2.45 bits per heavy atom. The highest BCUT2D eigenvalue weighted by Gasteiger charge is 2.23. The van der Waals surface area contributed by atoms with Crippen LogP contribution in [0.15, 0.2) is 58.7 Å². The molecule has 0 fully saturated rings. The predicted molar refractivity (Wildman–Crippen MR) is 125 cm³/mol. The van der Waals surface area contributed by atoms with Gasteiger partial charge in [-0.2, -0.15) is 11.8 Å². The number of benzene rings is 2. The number of amides is 2. The second-order valence-corrected chi connectivity index (χ2v) is 8.31. The smallest absolute Gasteiger partial charge is 0.326 e. The zero-order chi connectivity index (χ0) is 22.8. The summed E-state index contributed by atoms with van der Waals surface area (Å²) in [5.74, 6) is -1.46. The molecule has 3 N–H and O–H groups in total. The number of hydrogen-bond donors (Lipinski definition) is 3. The van der Waals surface area contributed by atoms with Gasteiger partial charge in [-0.3, -0.25) is 9.59 Å². The summed E-state index contributed by atoms with van der Waals surface area (Å²) in [7, 11) is 1.45. The minimum atomic E-state index is -1.14. The first-order valence-electron chi connectivity index (χ1n) is 9.30. The van der Waals surface area contributed by atoms with Crippen molar-refractivity contribution >= 4 is 51.6 Å². The number of halogens is 1. The molecule has 0 aliphatic rings. The lowest BCUT2D eigenvalue weighted by molar-refractivity contribution is -0.141. The molecule has 0 saturated heterocycles. The van der Waals surface area contributed by atoms with Gasteiger partial charge in [0.05, 0.1) is 12.7 Å². The van der Waals surface area contributed by atoms with Crippen molar-refractivity contribution in [1.29, 1.82) is 0 Å². The van der Waals surface area contributed by atoms with Gasteiger partial charge in [0.2, 0.25) is 0 Å². The van der Waals surface area contributed by atoms with E-state index in [1.165, 1.54) is 24.9 Å². The average molecular weight is 507 g/mol. The van der Waals surface area contributed by atoms with Crippen LogP contribution in [0.4, 0.5) is 0 Å². The lowest BCUT2D eigenvalue weighted by atomic mass is 10.1. The van der Waals surface area contributed by atoms with Crippen LogP contribution in [0.2, 0.25) is 0 Å². The van der Waals surface area contributed by atoms with E-state index in [1.807, 2.05) is 6.26 Å². The van der Waals surface area contributed by atoms with Gasteiger partial charge in [0, 0.05) is 4.47 Å². The number of thioether (sulfide) groups is 1. The maximum atomic E-state index is 12.9. The first-order valence-corrected chi connectivity index (χ1v) is 11.5. The molecule has 31 heavy (non-hydrogen) atoms. The van der Waals surface area contributed by atoms with Crippen molar-refractivity contribution in [1.82, 2.24) is 10.6 Å². The Kier molecular flexibility index (Phi) is 9.61. The molecule has 0 radical (unpaired) electrons. The molecular formula is C22H23BrN2O5S. The number of ether oxygens (including phenoxy) is 1. The topological polar surface area (TPSA) is 105 Å². The lowest BCUT2D eigenvalue weighted by Gasteiger charge is -2.17. The van der Waals surface area contributed by atoms with Gasteiger partial charge >= 0.3 is 5.97 Å². The Morgan fingerprint density at radius 2 is 1.84 bits per heavy atom. The lowest BCUT2D eigenvalue weighted by Crippen LogP contribution is -2.44. The molecule has 1 atom stereocenters. The molecule has 2 rings (SSSR count). The van der Waals surface area contributed by atoms with E-state index in [0.29, 0.717) is 17.1 Å². The first kappa shape index (κ1) is 24.5. The third-order valence-electron chi connectivity index (χ3n) is 4.24. The summed E-state index contributed by atoms with van der Waals surface area (Å²) in [5.41, 5.74) is 0.829. The summed E-state index contributed by atoms with van der Waals surface area (Å²) in [4.78, 5) is 37.3. The second-order valence-electron chi connectivity index (χ2n) is 6.41. The van der Waals surface area contributed by atoms with Crippen molar-refractivity contribution in [3.05, 3.63) is 69.8 Å². The summed E-state index contributed by atoms with van der Waals surface area (Å²) in [6.07, 6.45) is 3.60. The summed E-state index contributed by atoms with van der Waals surface area (Å²) in [5, 5.41) is 14.5. The number of methoxy groups -OCH3 is 1. The molecule has 1 unspecified atom stereocenters. The number of carboxylic acids is 1. The first-order chi connectivity index (χ1) is 14.8. The molecule has 0 aliphatic carbocycles. The van der Waals surface area contributed by atoms with E-state index in [2.05, 4.69) is 26.6 Å². The van der Waals surface area contributed by atoms with Gasteiger partial charge in [-0.25, -0.2) is 4.79 Å². The van der Waals surface area contributed by atoms with Crippen LogP contribution in [0.5, 0.6) is 5.75 Å².